The van der Waals surface area contributed by atoms with Gasteiger partial charge in [-0.1, -0.05) is 48.0 Å². The van der Waals surface area contributed by atoms with Gasteiger partial charge < -0.3 is 0 Å². The smallest absolute Gasteiger partial charge is 0.216 e. The Bertz CT molecular complexity index is 546. The second-order valence-corrected chi connectivity index (χ2v) is 5.13. The molecule has 0 N–H and O–H groups in total. The summed E-state index contributed by atoms with van der Waals surface area (Å²) in [6.45, 7) is 0. The van der Waals surface area contributed by atoms with Gasteiger partial charge in [0.2, 0.25) is 5.12 Å². The van der Waals surface area contributed by atoms with Crippen molar-refractivity contribution in [2.45, 2.75) is 4.90 Å². The summed E-state index contributed by atoms with van der Waals surface area (Å²) in [6.07, 6.45) is 3.36. The molecule has 3 heteroatoms. The summed E-state index contributed by atoms with van der Waals surface area (Å²) in [7, 11) is 0. The van der Waals surface area contributed by atoms with Crippen molar-refractivity contribution in [3.05, 3.63) is 71.3 Å². The summed E-state index contributed by atoms with van der Waals surface area (Å²) >= 11 is 7.00. The summed E-state index contributed by atoms with van der Waals surface area (Å²) in [6, 6.07) is 16.9. The molecule has 0 aliphatic heterocycles. The van der Waals surface area contributed by atoms with Gasteiger partial charge in [0, 0.05) is 9.92 Å². The average molecular weight is 275 g/mol. The van der Waals surface area contributed by atoms with Crippen LogP contribution in [0.1, 0.15) is 5.56 Å². The van der Waals surface area contributed by atoms with E-state index in [1.165, 1.54) is 11.8 Å². The molecule has 0 bridgehead atoms. The van der Waals surface area contributed by atoms with Gasteiger partial charge in [-0.3, -0.25) is 4.79 Å². The van der Waals surface area contributed by atoms with Crippen LogP contribution in [0.15, 0.2) is 65.6 Å². The van der Waals surface area contributed by atoms with E-state index in [-0.39, 0.29) is 5.12 Å². The van der Waals surface area contributed by atoms with Crippen LogP contribution < -0.4 is 0 Å². The van der Waals surface area contributed by atoms with E-state index in [2.05, 4.69) is 0 Å². The third-order valence-electron chi connectivity index (χ3n) is 2.24. The van der Waals surface area contributed by atoms with Crippen molar-refractivity contribution in [2.24, 2.45) is 0 Å². The molecule has 0 fully saturated rings. The first-order valence-corrected chi connectivity index (χ1v) is 6.64. The average Bonchev–Trinajstić information content (AvgIpc) is 2.39. The van der Waals surface area contributed by atoms with Crippen LogP contribution in [0, 0.1) is 0 Å². The molecule has 0 aliphatic rings. The van der Waals surface area contributed by atoms with Gasteiger partial charge in [-0.25, -0.2) is 0 Å². The fraction of sp³-hybridized carbons (Fsp3) is 0. The molecule has 0 aliphatic carbocycles. The van der Waals surface area contributed by atoms with Gasteiger partial charge in [0.25, 0.3) is 0 Å². The van der Waals surface area contributed by atoms with E-state index < -0.39 is 0 Å². The van der Waals surface area contributed by atoms with Crippen molar-refractivity contribution >= 4 is 34.6 Å². The van der Waals surface area contributed by atoms with Crippen LogP contribution in [0.3, 0.4) is 0 Å². The Balaban J connectivity index is 1.97. The molecule has 0 saturated carbocycles. The molecule has 0 saturated heterocycles. The molecule has 90 valence electrons. The maximum Gasteiger partial charge on any atom is 0.216 e. The Morgan fingerprint density at radius 3 is 2.33 bits per heavy atom. The minimum Gasteiger partial charge on any atom is -0.282 e. The number of hydrogen-bond acceptors (Lipinski definition) is 2. The standard InChI is InChI=1S/C15H11ClOS/c16-13-9-6-12(7-10-13)8-11-15(17)18-14-4-2-1-3-5-14/h1-11H/b11-8+. The van der Waals surface area contributed by atoms with Crippen molar-refractivity contribution in [1.29, 1.82) is 0 Å². The van der Waals surface area contributed by atoms with Crippen LogP contribution in [0.2, 0.25) is 5.02 Å². The number of rotatable bonds is 3. The van der Waals surface area contributed by atoms with Crippen LogP contribution in [0.4, 0.5) is 0 Å². The third kappa shape index (κ3) is 4.06. The monoisotopic (exact) mass is 274 g/mol. The van der Waals surface area contributed by atoms with Crippen LogP contribution in [-0.4, -0.2) is 5.12 Å². The number of thioether (sulfide) groups is 1. The molecular formula is C15H11ClOS. The number of halogens is 1. The van der Waals surface area contributed by atoms with Gasteiger partial charge >= 0.3 is 0 Å². The first kappa shape index (κ1) is 12.9. The second kappa shape index (κ2) is 6.43. The number of carbonyl (C=O) groups excluding carboxylic acids is 1. The summed E-state index contributed by atoms with van der Waals surface area (Å²) in [5, 5.41) is 0.702. The van der Waals surface area contributed by atoms with Crippen LogP contribution in [0.25, 0.3) is 6.08 Å². The zero-order valence-corrected chi connectivity index (χ0v) is 11.1. The minimum atomic E-state index is 0.0103. The quantitative estimate of drug-likeness (QED) is 0.597. The molecule has 0 atom stereocenters. The lowest BCUT2D eigenvalue weighted by Crippen LogP contribution is -1.84. The predicted molar refractivity (Wildman–Crippen MR) is 77.8 cm³/mol. The third-order valence-corrected chi connectivity index (χ3v) is 3.34. The Hall–Kier alpha value is -1.51. The zero-order chi connectivity index (χ0) is 12.8. The highest BCUT2D eigenvalue weighted by molar-refractivity contribution is 8.14. The van der Waals surface area contributed by atoms with Crippen LogP contribution >= 0.6 is 23.4 Å². The summed E-state index contributed by atoms with van der Waals surface area (Å²) in [4.78, 5) is 12.7. The van der Waals surface area contributed by atoms with Gasteiger partial charge in [0.1, 0.15) is 0 Å². The van der Waals surface area contributed by atoms with E-state index in [9.17, 15) is 4.79 Å². The number of benzene rings is 2. The maximum absolute atomic E-state index is 11.7. The van der Waals surface area contributed by atoms with E-state index >= 15 is 0 Å². The summed E-state index contributed by atoms with van der Waals surface area (Å²) < 4.78 is 0. The van der Waals surface area contributed by atoms with Crippen molar-refractivity contribution < 1.29 is 4.79 Å². The maximum atomic E-state index is 11.7. The van der Waals surface area contributed by atoms with E-state index in [1.54, 1.807) is 24.3 Å². The fourth-order valence-electron chi connectivity index (χ4n) is 1.38. The van der Waals surface area contributed by atoms with E-state index in [0.29, 0.717) is 5.02 Å². The lowest BCUT2D eigenvalue weighted by molar-refractivity contribution is -0.106. The fourth-order valence-corrected chi connectivity index (χ4v) is 2.16. The molecule has 0 unspecified atom stereocenters. The van der Waals surface area contributed by atoms with Crippen molar-refractivity contribution in [2.75, 3.05) is 0 Å². The first-order valence-electron chi connectivity index (χ1n) is 5.44. The molecule has 0 amide bonds. The van der Waals surface area contributed by atoms with E-state index in [4.69, 9.17) is 11.6 Å². The lowest BCUT2D eigenvalue weighted by atomic mass is 10.2. The highest BCUT2D eigenvalue weighted by Gasteiger charge is 1.99. The first-order chi connectivity index (χ1) is 8.74. The zero-order valence-electron chi connectivity index (χ0n) is 9.55. The minimum absolute atomic E-state index is 0.0103. The Morgan fingerprint density at radius 2 is 1.67 bits per heavy atom. The molecule has 2 aromatic rings. The molecule has 0 spiro atoms. The lowest BCUT2D eigenvalue weighted by Gasteiger charge is -1.96. The van der Waals surface area contributed by atoms with Gasteiger partial charge in [0.15, 0.2) is 0 Å². The molecule has 2 aromatic carbocycles. The second-order valence-electron chi connectivity index (χ2n) is 3.62. The van der Waals surface area contributed by atoms with Crippen molar-refractivity contribution in [1.82, 2.24) is 0 Å². The summed E-state index contributed by atoms with van der Waals surface area (Å²) in [5.74, 6) is 0. The normalized spacial score (nSPS) is 10.7. The largest absolute Gasteiger partial charge is 0.282 e. The van der Waals surface area contributed by atoms with Crippen LogP contribution in [-0.2, 0) is 4.79 Å². The number of carbonyl (C=O) groups is 1. The number of hydrogen-bond donors (Lipinski definition) is 0. The Labute approximate surface area is 115 Å². The highest BCUT2D eigenvalue weighted by Crippen LogP contribution is 2.19. The predicted octanol–water partition coefficient (Wildman–Crippen LogP) is 4.67. The van der Waals surface area contributed by atoms with Gasteiger partial charge in [-0.2, -0.15) is 0 Å². The molecule has 0 aromatic heterocycles. The highest BCUT2D eigenvalue weighted by atomic mass is 35.5. The molecule has 0 heterocycles. The van der Waals surface area contributed by atoms with Crippen molar-refractivity contribution in [3.63, 3.8) is 0 Å². The molecule has 18 heavy (non-hydrogen) atoms. The molecule has 2 rings (SSSR count). The SMILES string of the molecule is O=C(/C=C/c1ccc(Cl)cc1)Sc1ccccc1. The topological polar surface area (TPSA) is 17.1 Å². The molecule has 0 radical (unpaired) electrons. The Kier molecular flexibility index (Phi) is 4.62. The van der Waals surface area contributed by atoms with Crippen LogP contribution in [0.5, 0.6) is 0 Å². The van der Waals surface area contributed by atoms with Gasteiger partial charge in [-0.15, -0.1) is 0 Å². The van der Waals surface area contributed by atoms with Gasteiger partial charge in [0.05, 0.1) is 0 Å². The molecular weight excluding hydrogens is 264 g/mol. The van der Waals surface area contributed by atoms with Gasteiger partial charge in [-0.05, 0) is 47.7 Å². The summed E-state index contributed by atoms with van der Waals surface area (Å²) in [5.41, 5.74) is 0.960. The molecule has 1 nitrogen and oxygen atoms in total. The van der Waals surface area contributed by atoms with E-state index in [1.807, 2.05) is 42.5 Å². The van der Waals surface area contributed by atoms with E-state index in [0.717, 1.165) is 10.5 Å². The van der Waals surface area contributed by atoms with Crippen molar-refractivity contribution in [3.8, 4) is 0 Å². The Morgan fingerprint density at radius 1 is 1.00 bits per heavy atom.